The number of benzene rings is 2. The molecule has 0 aromatic heterocycles. The minimum absolute atomic E-state index is 0.112. The number of carbonyl (C=O) groups excluding carboxylic acids is 1. The molecule has 2 aromatic rings. The molecule has 1 amide bonds. The fraction of sp³-hybridized carbons (Fsp3) is 0.316. The van der Waals surface area contributed by atoms with Crippen molar-refractivity contribution in [1.29, 1.82) is 0 Å². The van der Waals surface area contributed by atoms with Gasteiger partial charge < -0.3 is 5.32 Å². The monoisotopic (exact) mass is 451 g/mol. The molecule has 0 bridgehead atoms. The molecule has 2 aromatic carbocycles. The molecule has 1 fully saturated rings. The van der Waals surface area contributed by atoms with Crippen LogP contribution in [0.25, 0.3) is 0 Å². The first-order valence-electron chi connectivity index (χ1n) is 8.70. The van der Waals surface area contributed by atoms with E-state index in [9.17, 15) is 13.2 Å². The lowest BCUT2D eigenvalue weighted by Gasteiger charge is -2.33. The number of hydrogen-bond acceptors (Lipinski definition) is 4. The molecule has 0 spiro atoms. The van der Waals surface area contributed by atoms with Gasteiger partial charge >= 0.3 is 0 Å². The summed E-state index contributed by atoms with van der Waals surface area (Å²) in [5.41, 5.74) is 1.84. The Balaban J connectivity index is 1.54. The van der Waals surface area contributed by atoms with Crippen LogP contribution in [0.4, 0.5) is 5.69 Å². The van der Waals surface area contributed by atoms with Gasteiger partial charge in [-0.15, -0.1) is 0 Å². The van der Waals surface area contributed by atoms with Gasteiger partial charge in [0.1, 0.15) is 0 Å². The molecule has 1 aliphatic rings. The van der Waals surface area contributed by atoms with Gasteiger partial charge in [-0.25, -0.2) is 8.42 Å². The van der Waals surface area contributed by atoms with Crippen LogP contribution in [0.3, 0.4) is 0 Å². The zero-order valence-electron chi connectivity index (χ0n) is 15.1. The van der Waals surface area contributed by atoms with Gasteiger partial charge in [-0.1, -0.05) is 24.3 Å². The Morgan fingerprint density at radius 3 is 2.37 bits per heavy atom. The van der Waals surface area contributed by atoms with E-state index in [0.717, 1.165) is 15.7 Å². The van der Waals surface area contributed by atoms with E-state index < -0.39 is 10.0 Å². The van der Waals surface area contributed by atoms with E-state index in [1.807, 2.05) is 30.0 Å². The van der Waals surface area contributed by atoms with Crippen molar-refractivity contribution in [3.05, 3.63) is 58.6 Å². The molecule has 1 saturated heterocycles. The summed E-state index contributed by atoms with van der Waals surface area (Å²) in [7, 11) is -3.47. The molecule has 1 N–H and O–H groups in total. The highest BCUT2D eigenvalue weighted by molar-refractivity contribution is 9.10. The lowest BCUT2D eigenvalue weighted by atomic mass is 10.2. The maximum absolute atomic E-state index is 12.6. The molecule has 27 heavy (non-hydrogen) atoms. The summed E-state index contributed by atoms with van der Waals surface area (Å²) in [6.45, 7) is 4.01. The van der Waals surface area contributed by atoms with Gasteiger partial charge in [0, 0.05) is 30.7 Å². The second-order valence-electron chi connectivity index (χ2n) is 6.52. The Bertz CT molecular complexity index is 911. The molecule has 0 atom stereocenters. The number of anilines is 1. The summed E-state index contributed by atoms with van der Waals surface area (Å²) in [5, 5.41) is 2.89. The van der Waals surface area contributed by atoms with Crippen LogP contribution in [-0.4, -0.2) is 56.3 Å². The van der Waals surface area contributed by atoms with Crippen molar-refractivity contribution in [3.63, 3.8) is 0 Å². The molecule has 0 radical (unpaired) electrons. The van der Waals surface area contributed by atoms with E-state index in [4.69, 9.17) is 0 Å². The lowest BCUT2D eigenvalue weighted by molar-refractivity contribution is -0.117. The fourth-order valence-electron chi connectivity index (χ4n) is 2.98. The maximum atomic E-state index is 12.6. The SMILES string of the molecule is Cc1ccc(NC(=O)CN2CCN(S(=O)(=O)c3ccccc3)CC2)c(Br)c1. The summed E-state index contributed by atoms with van der Waals surface area (Å²) in [4.78, 5) is 14.6. The Kier molecular flexibility index (Phi) is 6.31. The summed E-state index contributed by atoms with van der Waals surface area (Å²) in [6.07, 6.45) is 0. The number of piperazine rings is 1. The van der Waals surface area contributed by atoms with Crippen molar-refractivity contribution in [2.24, 2.45) is 0 Å². The Labute approximate surface area is 168 Å². The van der Waals surface area contributed by atoms with Crippen LogP contribution in [0.15, 0.2) is 57.9 Å². The number of halogens is 1. The van der Waals surface area contributed by atoms with Crippen molar-refractivity contribution in [1.82, 2.24) is 9.21 Å². The average Bonchev–Trinajstić information content (AvgIpc) is 2.65. The molecular weight excluding hydrogens is 430 g/mol. The summed E-state index contributed by atoms with van der Waals surface area (Å²) < 4.78 is 27.6. The first-order chi connectivity index (χ1) is 12.9. The van der Waals surface area contributed by atoms with Gasteiger partial charge in [-0.3, -0.25) is 9.69 Å². The molecule has 3 rings (SSSR count). The third kappa shape index (κ3) is 4.95. The van der Waals surface area contributed by atoms with Gasteiger partial charge in [0.15, 0.2) is 0 Å². The molecule has 0 saturated carbocycles. The van der Waals surface area contributed by atoms with E-state index >= 15 is 0 Å². The number of sulfonamides is 1. The van der Waals surface area contributed by atoms with Crippen LogP contribution >= 0.6 is 15.9 Å². The third-order valence-corrected chi connectivity index (χ3v) is 7.05. The first-order valence-corrected chi connectivity index (χ1v) is 10.9. The minimum atomic E-state index is -3.47. The number of aryl methyl sites for hydroxylation is 1. The Morgan fingerprint density at radius 2 is 1.74 bits per heavy atom. The van der Waals surface area contributed by atoms with E-state index in [1.54, 1.807) is 30.3 Å². The molecule has 1 heterocycles. The van der Waals surface area contributed by atoms with Crippen molar-refractivity contribution in [2.45, 2.75) is 11.8 Å². The zero-order chi connectivity index (χ0) is 19.4. The number of hydrogen-bond donors (Lipinski definition) is 1. The highest BCUT2D eigenvalue weighted by atomic mass is 79.9. The largest absolute Gasteiger partial charge is 0.324 e. The zero-order valence-corrected chi connectivity index (χ0v) is 17.5. The smallest absolute Gasteiger partial charge is 0.243 e. The van der Waals surface area contributed by atoms with Crippen LogP contribution in [0, 0.1) is 6.92 Å². The number of nitrogens with zero attached hydrogens (tertiary/aromatic N) is 2. The predicted molar refractivity (Wildman–Crippen MR) is 109 cm³/mol. The number of carbonyl (C=O) groups is 1. The van der Waals surface area contributed by atoms with Crippen LogP contribution in [0.1, 0.15) is 5.56 Å². The van der Waals surface area contributed by atoms with Crippen LogP contribution in [0.2, 0.25) is 0 Å². The highest BCUT2D eigenvalue weighted by Gasteiger charge is 2.28. The van der Waals surface area contributed by atoms with E-state index in [-0.39, 0.29) is 12.5 Å². The van der Waals surface area contributed by atoms with Gasteiger partial charge in [-0.05, 0) is 52.7 Å². The lowest BCUT2D eigenvalue weighted by Crippen LogP contribution is -2.50. The molecule has 144 valence electrons. The van der Waals surface area contributed by atoms with Crippen LogP contribution < -0.4 is 5.32 Å². The quantitative estimate of drug-likeness (QED) is 0.758. The summed E-state index contributed by atoms with van der Waals surface area (Å²) in [5.74, 6) is -0.112. The minimum Gasteiger partial charge on any atom is -0.324 e. The standard InChI is InChI=1S/C19H22BrN3O3S/c1-15-7-8-18(17(20)13-15)21-19(24)14-22-9-11-23(12-10-22)27(25,26)16-5-3-2-4-6-16/h2-8,13H,9-12,14H2,1H3,(H,21,24). The Hall–Kier alpha value is -1.74. The maximum Gasteiger partial charge on any atom is 0.243 e. The molecule has 6 nitrogen and oxygen atoms in total. The fourth-order valence-corrected chi connectivity index (χ4v) is 5.02. The van der Waals surface area contributed by atoms with E-state index in [0.29, 0.717) is 31.1 Å². The average molecular weight is 452 g/mol. The first kappa shape index (κ1) is 20.0. The third-order valence-electron chi connectivity index (χ3n) is 4.48. The van der Waals surface area contributed by atoms with E-state index in [1.165, 1.54) is 4.31 Å². The summed E-state index contributed by atoms with van der Waals surface area (Å²) >= 11 is 3.45. The molecular formula is C19H22BrN3O3S. The van der Waals surface area contributed by atoms with Gasteiger partial charge in [0.05, 0.1) is 17.1 Å². The molecule has 1 aliphatic heterocycles. The van der Waals surface area contributed by atoms with Crippen molar-refractivity contribution in [3.8, 4) is 0 Å². The Morgan fingerprint density at radius 1 is 1.07 bits per heavy atom. The van der Waals surface area contributed by atoms with Gasteiger partial charge in [-0.2, -0.15) is 4.31 Å². The highest BCUT2D eigenvalue weighted by Crippen LogP contribution is 2.23. The van der Waals surface area contributed by atoms with Crippen molar-refractivity contribution >= 4 is 37.5 Å². The van der Waals surface area contributed by atoms with Crippen LogP contribution in [-0.2, 0) is 14.8 Å². The number of amides is 1. The van der Waals surface area contributed by atoms with E-state index in [2.05, 4.69) is 21.2 Å². The van der Waals surface area contributed by atoms with Crippen molar-refractivity contribution in [2.75, 3.05) is 38.0 Å². The van der Waals surface area contributed by atoms with Crippen molar-refractivity contribution < 1.29 is 13.2 Å². The number of rotatable bonds is 5. The number of nitrogens with one attached hydrogen (secondary N) is 1. The van der Waals surface area contributed by atoms with Gasteiger partial charge in [0.2, 0.25) is 15.9 Å². The second kappa shape index (κ2) is 8.52. The molecule has 8 heteroatoms. The molecule has 0 aliphatic carbocycles. The molecule has 0 unspecified atom stereocenters. The van der Waals surface area contributed by atoms with Gasteiger partial charge in [0.25, 0.3) is 0 Å². The predicted octanol–water partition coefficient (Wildman–Crippen LogP) is 2.70. The second-order valence-corrected chi connectivity index (χ2v) is 9.32. The topological polar surface area (TPSA) is 69.7 Å². The summed E-state index contributed by atoms with van der Waals surface area (Å²) in [6, 6.07) is 14.2. The normalized spacial score (nSPS) is 16.2. The van der Waals surface area contributed by atoms with Crippen LogP contribution in [0.5, 0.6) is 0 Å².